The third kappa shape index (κ3) is 3.27. The van der Waals surface area contributed by atoms with Gasteiger partial charge in [0.25, 0.3) is 0 Å². The third-order valence-corrected chi connectivity index (χ3v) is 3.62. The van der Waals surface area contributed by atoms with E-state index in [0.29, 0.717) is 0 Å². The summed E-state index contributed by atoms with van der Waals surface area (Å²) in [5.41, 5.74) is 1.03. The SMILES string of the molecule is CC1CCCCC1CNCc1cnccn1. The molecule has 0 aromatic carbocycles. The summed E-state index contributed by atoms with van der Waals surface area (Å²) in [5.74, 6) is 1.73. The van der Waals surface area contributed by atoms with E-state index in [-0.39, 0.29) is 0 Å². The molecule has 1 aliphatic rings. The second kappa shape index (κ2) is 5.94. The molecule has 0 radical (unpaired) electrons. The van der Waals surface area contributed by atoms with Crippen molar-refractivity contribution in [3.05, 3.63) is 24.3 Å². The molecular weight excluding hydrogens is 198 g/mol. The zero-order valence-corrected chi connectivity index (χ0v) is 10.0. The highest BCUT2D eigenvalue weighted by Crippen LogP contribution is 2.28. The van der Waals surface area contributed by atoms with Crippen LogP contribution in [-0.4, -0.2) is 16.5 Å². The lowest BCUT2D eigenvalue weighted by Gasteiger charge is -2.28. The van der Waals surface area contributed by atoms with E-state index in [4.69, 9.17) is 0 Å². The Morgan fingerprint density at radius 1 is 1.31 bits per heavy atom. The molecule has 1 aromatic heterocycles. The molecule has 1 aromatic rings. The summed E-state index contributed by atoms with van der Waals surface area (Å²) in [6.45, 7) is 4.35. The number of aromatic nitrogens is 2. The summed E-state index contributed by atoms with van der Waals surface area (Å²) in [7, 11) is 0. The first-order valence-electron chi connectivity index (χ1n) is 6.32. The van der Waals surface area contributed by atoms with Crippen LogP contribution in [0.1, 0.15) is 38.3 Å². The highest BCUT2D eigenvalue weighted by Gasteiger charge is 2.20. The van der Waals surface area contributed by atoms with Gasteiger partial charge in [0.1, 0.15) is 0 Å². The average Bonchev–Trinajstić information content (AvgIpc) is 2.33. The minimum Gasteiger partial charge on any atom is -0.311 e. The number of rotatable bonds is 4. The summed E-state index contributed by atoms with van der Waals surface area (Å²) in [6, 6.07) is 0. The van der Waals surface area contributed by atoms with E-state index in [1.54, 1.807) is 12.4 Å². The zero-order chi connectivity index (χ0) is 11.2. The van der Waals surface area contributed by atoms with Gasteiger partial charge >= 0.3 is 0 Å². The molecule has 0 saturated heterocycles. The molecule has 1 N–H and O–H groups in total. The Bertz CT molecular complexity index is 299. The van der Waals surface area contributed by atoms with Crippen LogP contribution in [0.2, 0.25) is 0 Å². The van der Waals surface area contributed by atoms with Crippen LogP contribution in [0.15, 0.2) is 18.6 Å². The summed E-state index contributed by atoms with van der Waals surface area (Å²) >= 11 is 0. The minimum absolute atomic E-state index is 0.844. The number of nitrogens with zero attached hydrogens (tertiary/aromatic N) is 2. The molecule has 2 rings (SSSR count). The highest BCUT2D eigenvalue weighted by molar-refractivity contribution is 4.93. The van der Waals surface area contributed by atoms with Crippen LogP contribution in [0, 0.1) is 11.8 Å². The molecule has 3 nitrogen and oxygen atoms in total. The van der Waals surface area contributed by atoms with E-state index >= 15 is 0 Å². The van der Waals surface area contributed by atoms with E-state index in [1.165, 1.54) is 25.7 Å². The normalized spacial score (nSPS) is 25.6. The molecular formula is C13H21N3. The molecule has 0 aliphatic heterocycles. The molecule has 0 bridgehead atoms. The van der Waals surface area contributed by atoms with Gasteiger partial charge in [-0.25, -0.2) is 0 Å². The number of hydrogen-bond donors (Lipinski definition) is 1. The van der Waals surface area contributed by atoms with E-state index < -0.39 is 0 Å². The maximum Gasteiger partial charge on any atom is 0.0724 e. The number of hydrogen-bond acceptors (Lipinski definition) is 3. The molecule has 1 aliphatic carbocycles. The first kappa shape index (κ1) is 11.5. The fourth-order valence-electron chi connectivity index (χ4n) is 2.50. The van der Waals surface area contributed by atoms with Gasteiger partial charge in [-0.15, -0.1) is 0 Å². The van der Waals surface area contributed by atoms with Gasteiger partial charge in [-0.2, -0.15) is 0 Å². The Morgan fingerprint density at radius 2 is 2.19 bits per heavy atom. The Balaban J connectivity index is 1.71. The molecule has 16 heavy (non-hydrogen) atoms. The Kier molecular flexibility index (Phi) is 4.28. The van der Waals surface area contributed by atoms with Crippen molar-refractivity contribution in [2.75, 3.05) is 6.54 Å². The lowest BCUT2D eigenvalue weighted by atomic mass is 9.80. The van der Waals surface area contributed by atoms with Gasteiger partial charge in [0, 0.05) is 25.1 Å². The molecule has 2 atom stereocenters. The van der Waals surface area contributed by atoms with Crippen LogP contribution in [0.25, 0.3) is 0 Å². The standard InChI is InChI=1S/C13H21N3/c1-11-4-2-3-5-12(11)8-15-10-13-9-14-6-7-16-13/h6-7,9,11-12,15H,2-5,8,10H2,1H3. The van der Waals surface area contributed by atoms with Crippen LogP contribution in [0.3, 0.4) is 0 Å². The predicted octanol–water partition coefficient (Wildman–Crippen LogP) is 2.39. The summed E-state index contributed by atoms with van der Waals surface area (Å²) in [6.07, 6.45) is 10.9. The van der Waals surface area contributed by atoms with E-state index in [9.17, 15) is 0 Å². The minimum atomic E-state index is 0.844. The van der Waals surface area contributed by atoms with E-state index in [1.807, 2.05) is 6.20 Å². The van der Waals surface area contributed by atoms with E-state index in [0.717, 1.165) is 30.6 Å². The summed E-state index contributed by atoms with van der Waals surface area (Å²) in [4.78, 5) is 8.32. The molecule has 0 amide bonds. The third-order valence-electron chi connectivity index (χ3n) is 3.62. The molecule has 88 valence electrons. The molecule has 1 fully saturated rings. The van der Waals surface area contributed by atoms with Crippen molar-refractivity contribution in [2.24, 2.45) is 11.8 Å². The van der Waals surface area contributed by atoms with Crippen molar-refractivity contribution in [2.45, 2.75) is 39.2 Å². The van der Waals surface area contributed by atoms with Gasteiger partial charge in [0.15, 0.2) is 0 Å². The average molecular weight is 219 g/mol. The first-order chi connectivity index (χ1) is 7.86. The molecule has 1 saturated carbocycles. The summed E-state index contributed by atoms with van der Waals surface area (Å²) in [5, 5.41) is 3.50. The lowest BCUT2D eigenvalue weighted by Crippen LogP contribution is -2.29. The Labute approximate surface area is 97.7 Å². The molecule has 3 heteroatoms. The lowest BCUT2D eigenvalue weighted by molar-refractivity contribution is 0.247. The monoisotopic (exact) mass is 219 g/mol. The molecule has 2 unspecified atom stereocenters. The van der Waals surface area contributed by atoms with Crippen LogP contribution < -0.4 is 5.32 Å². The van der Waals surface area contributed by atoms with Gasteiger partial charge < -0.3 is 5.32 Å². The van der Waals surface area contributed by atoms with Crippen molar-refractivity contribution < 1.29 is 0 Å². The second-order valence-corrected chi connectivity index (χ2v) is 4.85. The maximum atomic E-state index is 4.26. The van der Waals surface area contributed by atoms with Gasteiger partial charge in [-0.3, -0.25) is 9.97 Å². The zero-order valence-electron chi connectivity index (χ0n) is 10.0. The van der Waals surface area contributed by atoms with Crippen molar-refractivity contribution >= 4 is 0 Å². The van der Waals surface area contributed by atoms with Crippen LogP contribution in [0.4, 0.5) is 0 Å². The van der Waals surface area contributed by atoms with Gasteiger partial charge in [-0.05, 0) is 24.8 Å². The number of nitrogens with one attached hydrogen (secondary N) is 1. The van der Waals surface area contributed by atoms with E-state index in [2.05, 4.69) is 22.2 Å². The Hall–Kier alpha value is -0.960. The van der Waals surface area contributed by atoms with Crippen LogP contribution in [-0.2, 0) is 6.54 Å². The van der Waals surface area contributed by atoms with Crippen LogP contribution in [0.5, 0.6) is 0 Å². The fourth-order valence-corrected chi connectivity index (χ4v) is 2.50. The Morgan fingerprint density at radius 3 is 2.94 bits per heavy atom. The van der Waals surface area contributed by atoms with Crippen LogP contribution >= 0.6 is 0 Å². The fraction of sp³-hybridized carbons (Fsp3) is 0.692. The van der Waals surface area contributed by atoms with Gasteiger partial charge in [0.05, 0.1) is 5.69 Å². The van der Waals surface area contributed by atoms with Crippen molar-refractivity contribution in [1.82, 2.24) is 15.3 Å². The van der Waals surface area contributed by atoms with Crippen molar-refractivity contribution in [1.29, 1.82) is 0 Å². The van der Waals surface area contributed by atoms with Gasteiger partial charge in [-0.1, -0.05) is 26.2 Å². The summed E-state index contributed by atoms with van der Waals surface area (Å²) < 4.78 is 0. The van der Waals surface area contributed by atoms with Gasteiger partial charge in [0.2, 0.25) is 0 Å². The quantitative estimate of drug-likeness (QED) is 0.845. The smallest absolute Gasteiger partial charge is 0.0724 e. The second-order valence-electron chi connectivity index (χ2n) is 4.85. The predicted molar refractivity (Wildman–Crippen MR) is 64.9 cm³/mol. The van der Waals surface area contributed by atoms with Crippen molar-refractivity contribution in [3.8, 4) is 0 Å². The molecule has 0 spiro atoms. The largest absolute Gasteiger partial charge is 0.311 e. The van der Waals surface area contributed by atoms with Crippen molar-refractivity contribution in [3.63, 3.8) is 0 Å². The maximum absolute atomic E-state index is 4.26. The topological polar surface area (TPSA) is 37.8 Å². The highest BCUT2D eigenvalue weighted by atomic mass is 14.9. The first-order valence-corrected chi connectivity index (χ1v) is 6.32. The molecule has 1 heterocycles.